The first-order valence-electron chi connectivity index (χ1n) is 6.90. The molecule has 0 unspecified atom stereocenters. The summed E-state index contributed by atoms with van der Waals surface area (Å²) in [6.45, 7) is 0.0905. The van der Waals surface area contributed by atoms with Crippen molar-refractivity contribution in [3.8, 4) is 11.4 Å². The molecule has 2 atom stereocenters. The second kappa shape index (κ2) is 5.92. The van der Waals surface area contributed by atoms with Crippen molar-refractivity contribution in [1.82, 2.24) is 9.67 Å². The maximum Gasteiger partial charge on any atom is 0.311 e. The smallest absolute Gasteiger partial charge is 0.311 e. The molecule has 9 heteroatoms. The van der Waals surface area contributed by atoms with Crippen LogP contribution in [0.2, 0.25) is 0 Å². The van der Waals surface area contributed by atoms with Crippen LogP contribution in [0.4, 0.5) is 8.78 Å². The van der Waals surface area contributed by atoms with E-state index in [4.69, 9.17) is 9.84 Å². The van der Waals surface area contributed by atoms with Crippen molar-refractivity contribution in [2.24, 2.45) is 5.92 Å². The minimum Gasteiger partial charge on any atom is -0.692 e. The molecule has 0 spiro atoms. The molecule has 1 fully saturated rings. The van der Waals surface area contributed by atoms with E-state index in [0.29, 0.717) is 10.9 Å². The molecular formula is C14H13F2N3O4. The number of rotatable bonds is 4. The molecule has 122 valence electrons. The van der Waals surface area contributed by atoms with E-state index in [9.17, 15) is 18.8 Å². The van der Waals surface area contributed by atoms with Crippen LogP contribution >= 0.6 is 0 Å². The first-order chi connectivity index (χ1) is 11.0. The van der Waals surface area contributed by atoms with Gasteiger partial charge in [0.25, 0.3) is 5.82 Å². The minimum absolute atomic E-state index is 0.0196. The molecule has 0 aliphatic carbocycles. The number of nitrogens with zero attached hydrogens (tertiary/aromatic N) is 3. The number of aromatic nitrogens is 3. The number of carboxylic acid groups (broad SMARTS) is 1. The van der Waals surface area contributed by atoms with Crippen LogP contribution in [-0.4, -0.2) is 33.5 Å². The number of carboxylic acids is 1. The summed E-state index contributed by atoms with van der Waals surface area (Å²) in [7, 11) is 0. The van der Waals surface area contributed by atoms with Gasteiger partial charge >= 0.3 is 12.3 Å². The Hall–Kier alpha value is -2.55. The van der Waals surface area contributed by atoms with Gasteiger partial charge < -0.3 is 15.1 Å². The van der Waals surface area contributed by atoms with Crippen molar-refractivity contribution < 1.29 is 28.3 Å². The zero-order valence-corrected chi connectivity index (χ0v) is 11.9. The van der Waals surface area contributed by atoms with Crippen LogP contribution in [0.3, 0.4) is 0 Å². The molecule has 0 radical (unpaired) electrons. The Balaban J connectivity index is 1.86. The highest BCUT2D eigenvalue weighted by atomic mass is 19.1. The molecule has 0 bridgehead atoms. The summed E-state index contributed by atoms with van der Waals surface area (Å²) in [5.74, 6) is -3.14. The first kappa shape index (κ1) is 15.3. The Labute approximate surface area is 129 Å². The number of carbonyl (C=O) groups is 1. The van der Waals surface area contributed by atoms with Crippen LogP contribution in [-0.2, 0) is 16.1 Å². The van der Waals surface area contributed by atoms with Crippen LogP contribution < -0.4 is 4.85 Å². The van der Waals surface area contributed by atoms with Gasteiger partial charge in [-0.2, -0.15) is 9.53 Å². The fraction of sp³-hybridized carbons (Fsp3) is 0.357. The molecule has 1 aromatic carbocycles. The van der Waals surface area contributed by atoms with Crippen molar-refractivity contribution in [3.05, 3.63) is 41.4 Å². The second-order valence-corrected chi connectivity index (χ2v) is 5.30. The van der Waals surface area contributed by atoms with Gasteiger partial charge in [-0.05, 0) is 23.5 Å². The van der Waals surface area contributed by atoms with E-state index in [1.165, 1.54) is 6.07 Å². The van der Waals surface area contributed by atoms with Crippen molar-refractivity contribution in [2.75, 3.05) is 6.61 Å². The lowest BCUT2D eigenvalue weighted by atomic mass is 10.1. The van der Waals surface area contributed by atoms with Gasteiger partial charge in [-0.25, -0.2) is 8.78 Å². The highest BCUT2D eigenvalue weighted by molar-refractivity contribution is 5.70. The summed E-state index contributed by atoms with van der Waals surface area (Å²) < 4.78 is 33.4. The Bertz CT molecular complexity index is 750. The van der Waals surface area contributed by atoms with Gasteiger partial charge in [0.1, 0.15) is 11.6 Å². The Morgan fingerprint density at radius 3 is 2.96 bits per heavy atom. The Kier molecular flexibility index (Phi) is 3.95. The largest absolute Gasteiger partial charge is 0.692 e. The second-order valence-electron chi connectivity index (χ2n) is 5.30. The molecule has 0 saturated carbocycles. The lowest BCUT2D eigenvalue weighted by Crippen LogP contribution is -2.39. The molecule has 0 amide bonds. The molecule has 1 saturated heterocycles. The number of halogens is 2. The fourth-order valence-electron chi connectivity index (χ4n) is 2.57. The maximum absolute atomic E-state index is 13.9. The molecule has 1 aliphatic heterocycles. The van der Waals surface area contributed by atoms with Gasteiger partial charge in [0.2, 0.25) is 0 Å². The molecule has 3 rings (SSSR count). The third-order valence-electron chi connectivity index (χ3n) is 3.74. The lowest BCUT2D eigenvalue weighted by Gasteiger charge is -2.13. The van der Waals surface area contributed by atoms with E-state index in [1.807, 2.05) is 0 Å². The summed E-state index contributed by atoms with van der Waals surface area (Å²) >= 11 is 0. The van der Waals surface area contributed by atoms with E-state index in [-0.39, 0.29) is 31.0 Å². The summed E-state index contributed by atoms with van der Waals surface area (Å²) in [4.78, 5) is 15.2. The molecule has 1 N–H and O–H groups in total. The van der Waals surface area contributed by atoms with E-state index in [2.05, 4.69) is 4.98 Å². The third-order valence-corrected chi connectivity index (χ3v) is 3.74. The predicted molar refractivity (Wildman–Crippen MR) is 72.0 cm³/mol. The van der Waals surface area contributed by atoms with E-state index >= 15 is 0 Å². The predicted octanol–water partition coefficient (Wildman–Crippen LogP) is 0.951. The van der Waals surface area contributed by atoms with Gasteiger partial charge in [-0.1, -0.05) is 0 Å². The van der Waals surface area contributed by atoms with Crippen LogP contribution in [0.5, 0.6) is 0 Å². The summed E-state index contributed by atoms with van der Waals surface area (Å²) in [5.41, 5.74) is -0.0196. The van der Waals surface area contributed by atoms with Crippen molar-refractivity contribution >= 4 is 5.97 Å². The van der Waals surface area contributed by atoms with Gasteiger partial charge in [-0.15, -0.1) is 0 Å². The average Bonchev–Trinajstić information content (AvgIpc) is 3.09. The third kappa shape index (κ3) is 3.00. The number of ether oxygens (including phenoxy) is 1. The summed E-state index contributed by atoms with van der Waals surface area (Å²) in [6, 6.07) is 2.97. The van der Waals surface area contributed by atoms with E-state index < -0.39 is 29.6 Å². The lowest BCUT2D eigenvalue weighted by molar-refractivity contribution is -0.695. The zero-order chi connectivity index (χ0) is 16.6. The molecule has 23 heavy (non-hydrogen) atoms. The Morgan fingerprint density at radius 1 is 1.52 bits per heavy atom. The maximum atomic E-state index is 13.9. The molecule has 7 nitrogen and oxygen atoms in total. The van der Waals surface area contributed by atoms with E-state index in [1.54, 1.807) is 0 Å². The normalized spacial score (nSPS) is 20.8. The fourth-order valence-corrected chi connectivity index (χ4v) is 2.57. The van der Waals surface area contributed by atoms with Gasteiger partial charge in [-0.3, -0.25) is 4.79 Å². The van der Waals surface area contributed by atoms with Crippen LogP contribution in [0.15, 0.2) is 24.5 Å². The summed E-state index contributed by atoms with van der Waals surface area (Å²) in [6.07, 6.45) is 0.716. The number of benzene rings is 1. The molecule has 1 aromatic heterocycles. The Morgan fingerprint density at radius 2 is 2.30 bits per heavy atom. The van der Waals surface area contributed by atoms with Crippen molar-refractivity contribution in [3.63, 3.8) is 0 Å². The first-order valence-corrected chi connectivity index (χ1v) is 6.90. The minimum atomic E-state index is -0.960. The van der Waals surface area contributed by atoms with Crippen LogP contribution in [0.1, 0.15) is 6.42 Å². The standard InChI is InChI=1S/C14H13F2N3O4/c15-9-1-2-11(12(16)4-9)13-17-7-19(22)18(13)5-10-3-8(6-23-10)14(20)21/h1-2,4,7-8,10H,3,5-6H2,(H,20,21)/t8-,10+/m1/s1. The number of hydrogen-bond donors (Lipinski definition) is 1. The van der Waals surface area contributed by atoms with E-state index in [0.717, 1.165) is 17.1 Å². The van der Waals surface area contributed by atoms with Crippen molar-refractivity contribution in [1.29, 1.82) is 0 Å². The van der Waals surface area contributed by atoms with Gasteiger partial charge in [0.05, 0.1) is 30.7 Å². The highest BCUT2D eigenvalue weighted by Crippen LogP contribution is 2.24. The number of hydrogen-bond acceptors (Lipinski definition) is 4. The molecule has 2 heterocycles. The molecule has 1 aliphatic rings. The summed E-state index contributed by atoms with van der Waals surface area (Å²) in [5, 5.41) is 20.8. The molecule has 2 aromatic rings. The SMILES string of the molecule is O=C(O)[C@H]1CO[C@H](Cn2c(-c3ccc(F)cc3F)nc[n+]2[O-])C1. The van der Waals surface area contributed by atoms with Crippen LogP contribution in [0, 0.1) is 22.8 Å². The number of aliphatic carboxylic acids is 1. The van der Waals surface area contributed by atoms with Crippen molar-refractivity contribution in [2.45, 2.75) is 19.1 Å². The van der Waals surface area contributed by atoms with Crippen LogP contribution in [0.25, 0.3) is 11.4 Å². The molecular weight excluding hydrogens is 312 g/mol. The highest BCUT2D eigenvalue weighted by Gasteiger charge is 2.33. The van der Waals surface area contributed by atoms with Gasteiger partial charge in [0, 0.05) is 6.07 Å². The van der Waals surface area contributed by atoms with Gasteiger partial charge in [0.15, 0.2) is 0 Å². The monoisotopic (exact) mass is 325 g/mol. The topological polar surface area (TPSA) is 91.3 Å². The quantitative estimate of drug-likeness (QED) is 0.667. The average molecular weight is 325 g/mol. The zero-order valence-electron chi connectivity index (χ0n) is 11.9.